The molecular weight excluding hydrogens is 314 g/mol. The first kappa shape index (κ1) is 18.6. The first-order valence-electron chi connectivity index (χ1n) is 8.41. The molecule has 1 N–H and O–H groups in total. The van der Waals surface area contributed by atoms with Gasteiger partial charge in [0.1, 0.15) is 0 Å². The van der Waals surface area contributed by atoms with Crippen LogP contribution in [-0.4, -0.2) is 48.8 Å². The van der Waals surface area contributed by atoms with Crippen LogP contribution < -0.4 is 10.3 Å². The van der Waals surface area contributed by atoms with Crippen molar-refractivity contribution >= 4 is 17.8 Å². The lowest BCUT2D eigenvalue weighted by atomic mass is 10.2. The van der Waals surface area contributed by atoms with Crippen LogP contribution in [0, 0.1) is 0 Å². The van der Waals surface area contributed by atoms with Gasteiger partial charge in [-0.2, -0.15) is 5.10 Å². The number of hydrogen-bond acceptors (Lipinski definition) is 5. The lowest BCUT2D eigenvalue weighted by Gasteiger charge is -2.27. The smallest absolute Gasteiger partial charge is 0.271 e. The summed E-state index contributed by atoms with van der Waals surface area (Å²) in [6.45, 7) is 7.28. The molecule has 0 aliphatic rings. The molecule has 1 heterocycles. The molecule has 0 aliphatic heterocycles. The molecule has 0 bridgehead atoms. The highest BCUT2D eigenvalue weighted by Crippen LogP contribution is 2.13. The zero-order valence-corrected chi connectivity index (χ0v) is 15.0. The van der Waals surface area contributed by atoms with Crippen LogP contribution in [0.3, 0.4) is 0 Å². The quantitative estimate of drug-likeness (QED) is 0.456. The Bertz CT molecular complexity index is 681. The summed E-state index contributed by atoms with van der Waals surface area (Å²) in [4.78, 5) is 20.3. The van der Waals surface area contributed by atoms with Gasteiger partial charge in [-0.3, -0.25) is 14.7 Å². The predicted molar refractivity (Wildman–Crippen MR) is 102 cm³/mol. The maximum absolute atomic E-state index is 11.9. The van der Waals surface area contributed by atoms with Crippen molar-refractivity contribution in [1.29, 1.82) is 0 Å². The monoisotopic (exact) mass is 339 g/mol. The van der Waals surface area contributed by atoms with Gasteiger partial charge in [0, 0.05) is 30.7 Å². The highest BCUT2D eigenvalue weighted by Gasteiger charge is 2.05. The highest BCUT2D eigenvalue weighted by molar-refractivity contribution is 5.94. The van der Waals surface area contributed by atoms with Crippen LogP contribution in [0.5, 0.6) is 0 Å². The fourth-order valence-corrected chi connectivity index (χ4v) is 2.35. The maximum atomic E-state index is 11.9. The molecule has 0 atom stereocenters. The molecule has 0 fully saturated rings. The van der Waals surface area contributed by atoms with Gasteiger partial charge in [0.15, 0.2) is 0 Å². The largest absolute Gasteiger partial charge is 0.362 e. The molecule has 0 aliphatic carbocycles. The molecule has 0 radical (unpaired) electrons. The fourth-order valence-electron chi connectivity index (χ4n) is 2.35. The van der Waals surface area contributed by atoms with Crippen LogP contribution in [0.15, 0.2) is 53.9 Å². The van der Waals surface area contributed by atoms with Crippen molar-refractivity contribution in [3.63, 3.8) is 0 Å². The molecule has 6 heteroatoms. The van der Waals surface area contributed by atoms with E-state index < -0.39 is 0 Å². The minimum Gasteiger partial charge on any atom is -0.362 e. The number of carbonyl (C=O) groups is 1. The van der Waals surface area contributed by atoms with E-state index in [-0.39, 0.29) is 5.91 Å². The first-order chi connectivity index (χ1) is 12.1. The summed E-state index contributed by atoms with van der Waals surface area (Å²) in [6.07, 6.45) is 4.78. The highest BCUT2D eigenvalue weighted by atomic mass is 16.2. The topological polar surface area (TPSA) is 60.8 Å². The predicted octanol–water partition coefficient (Wildman–Crippen LogP) is 2.58. The summed E-state index contributed by atoms with van der Waals surface area (Å²) in [7, 11) is 2.08. The summed E-state index contributed by atoms with van der Waals surface area (Å²) in [6, 6.07) is 11.4. The number of nitrogens with zero attached hydrogens (tertiary/aromatic N) is 4. The van der Waals surface area contributed by atoms with Crippen LogP contribution in [0.25, 0.3) is 0 Å². The molecule has 0 saturated carbocycles. The Kier molecular flexibility index (Phi) is 7.10. The summed E-state index contributed by atoms with van der Waals surface area (Å²) in [5.74, 6) is -0.255. The molecule has 1 amide bonds. The molecule has 25 heavy (non-hydrogen) atoms. The Morgan fingerprint density at radius 3 is 2.36 bits per heavy atom. The van der Waals surface area contributed by atoms with Crippen LogP contribution in [0.1, 0.15) is 29.8 Å². The molecule has 2 rings (SSSR count). The second kappa shape index (κ2) is 9.54. The van der Waals surface area contributed by atoms with Crippen molar-refractivity contribution in [2.24, 2.45) is 5.10 Å². The average molecular weight is 339 g/mol. The Balaban J connectivity index is 1.90. The van der Waals surface area contributed by atoms with E-state index in [2.05, 4.69) is 58.3 Å². The van der Waals surface area contributed by atoms with Crippen LogP contribution in [0.2, 0.25) is 0 Å². The van der Waals surface area contributed by atoms with Gasteiger partial charge in [-0.25, -0.2) is 5.43 Å². The molecule has 6 nitrogen and oxygen atoms in total. The number of rotatable bonds is 8. The molecule has 2 aromatic rings. The zero-order valence-electron chi connectivity index (χ0n) is 15.0. The number of hydrogen-bond donors (Lipinski definition) is 1. The van der Waals surface area contributed by atoms with Gasteiger partial charge in [-0.1, -0.05) is 26.0 Å². The number of nitrogens with one attached hydrogen (secondary N) is 1. The lowest BCUT2D eigenvalue weighted by Crippen LogP contribution is -2.35. The summed E-state index contributed by atoms with van der Waals surface area (Å²) in [5.41, 5.74) is 5.11. The number of amides is 1. The van der Waals surface area contributed by atoms with Crippen molar-refractivity contribution in [1.82, 2.24) is 15.3 Å². The van der Waals surface area contributed by atoms with Gasteiger partial charge in [0.05, 0.1) is 12.9 Å². The number of aromatic nitrogens is 1. The number of pyridine rings is 1. The average Bonchev–Trinajstić information content (AvgIpc) is 2.67. The third-order valence-electron chi connectivity index (χ3n) is 3.96. The molecule has 1 aromatic carbocycles. The minimum atomic E-state index is -0.255. The number of carbonyl (C=O) groups excluding carboxylic acids is 1. The zero-order chi connectivity index (χ0) is 18.1. The van der Waals surface area contributed by atoms with E-state index in [4.69, 9.17) is 0 Å². The summed E-state index contributed by atoms with van der Waals surface area (Å²) >= 11 is 0. The van der Waals surface area contributed by atoms with Gasteiger partial charge >= 0.3 is 0 Å². The molecule has 0 saturated heterocycles. The Hall–Kier alpha value is -2.73. The van der Waals surface area contributed by atoms with Gasteiger partial charge in [-0.05, 0) is 42.9 Å². The Morgan fingerprint density at radius 1 is 1.12 bits per heavy atom. The van der Waals surface area contributed by atoms with E-state index in [0.717, 1.165) is 31.0 Å². The Labute approximate surface area is 149 Å². The van der Waals surface area contributed by atoms with E-state index in [9.17, 15) is 4.79 Å². The van der Waals surface area contributed by atoms with Crippen LogP contribution in [0.4, 0.5) is 5.69 Å². The van der Waals surface area contributed by atoms with Gasteiger partial charge in [0.2, 0.25) is 0 Å². The first-order valence-corrected chi connectivity index (χ1v) is 8.41. The van der Waals surface area contributed by atoms with Crippen molar-refractivity contribution in [3.8, 4) is 0 Å². The number of hydrazone groups is 1. The maximum Gasteiger partial charge on any atom is 0.271 e. The van der Waals surface area contributed by atoms with E-state index in [1.165, 1.54) is 0 Å². The van der Waals surface area contributed by atoms with Crippen LogP contribution in [-0.2, 0) is 0 Å². The standard InChI is InChI=1S/C19H25N5O/c1-4-24(5-2)15-23(3)18-8-6-16(7-9-18)14-21-22-19(25)17-10-12-20-13-11-17/h6-14H,4-5,15H2,1-3H3,(H,22,25)/b21-14+. The molecule has 0 unspecified atom stereocenters. The van der Waals surface area contributed by atoms with Crippen molar-refractivity contribution in [3.05, 3.63) is 59.9 Å². The Morgan fingerprint density at radius 2 is 1.76 bits per heavy atom. The van der Waals surface area contributed by atoms with E-state index in [1.807, 2.05) is 12.1 Å². The second-order valence-corrected chi connectivity index (χ2v) is 5.67. The molecule has 0 spiro atoms. The van der Waals surface area contributed by atoms with Gasteiger partial charge in [0.25, 0.3) is 5.91 Å². The van der Waals surface area contributed by atoms with Crippen LogP contribution >= 0.6 is 0 Å². The second-order valence-electron chi connectivity index (χ2n) is 5.67. The van der Waals surface area contributed by atoms with E-state index >= 15 is 0 Å². The third-order valence-corrected chi connectivity index (χ3v) is 3.96. The number of benzene rings is 1. The summed E-state index contributed by atoms with van der Waals surface area (Å²) < 4.78 is 0. The van der Waals surface area contributed by atoms with Crippen molar-refractivity contribution in [2.75, 3.05) is 31.7 Å². The lowest BCUT2D eigenvalue weighted by molar-refractivity contribution is 0.0955. The molecule has 1 aromatic heterocycles. The normalized spacial score (nSPS) is 11.0. The van der Waals surface area contributed by atoms with Gasteiger partial charge < -0.3 is 4.90 Å². The SMILES string of the molecule is CCN(CC)CN(C)c1ccc(/C=N/NC(=O)c2ccncc2)cc1. The minimum absolute atomic E-state index is 0.255. The molecular formula is C19H25N5O. The third kappa shape index (κ3) is 5.69. The van der Waals surface area contributed by atoms with Crippen molar-refractivity contribution < 1.29 is 4.79 Å². The van der Waals surface area contributed by atoms with E-state index in [0.29, 0.717) is 5.56 Å². The summed E-state index contributed by atoms with van der Waals surface area (Å²) in [5, 5.41) is 4.00. The van der Waals surface area contributed by atoms with Gasteiger partial charge in [-0.15, -0.1) is 0 Å². The van der Waals surface area contributed by atoms with Crippen molar-refractivity contribution in [2.45, 2.75) is 13.8 Å². The molecule has 132 valence electrons. The fraction of sp³-hybridized carbons (Fsp3) is 0.316. The van der Waals surface area contributed by atoms with E-state index in [1.54, 1.807) is 30.7 Å². The number of anilines is 1.